The van der Waals surface area contributed by atoms with E-state index in [1.807, 2.05) is 79.1 Å². The van der Waals surface area contributed by atoms with Gasteiger partial charge < -0.3 is 35.9 Å². The molecule has 0 bridgehead atoms. The van der Waals surface area contributed by atoms with Crippen LogP contribution in [-0.4, -0.2) is 57.7 Å². The van der Waals surface area contributed by atoms with E-state index in [9.17, 15) is 29.0 Å². The summed E-state index contributed by atoms with van der Waals surface area (Å²) in [4.78, 5) is 38.1. The number of nitrogens with one attached hydrogen (secondary N) is 2. The molecule has 1 heterocycles. The Hall–Kier alpha value is -4.64. The largest absolute Gasteiger partial charge is 0.393 e. The summed E-state index contributed by atoms with van der Waals surface area (Å²) >= 11 is 0. The fourth-order valence-electron chi connectivity index (χ4n) is 6.16. The van der Waals surface area contributed by atoms with E-state index in [-0.39, 0.29) is 37.6 Å². The third-order valence-corrected chi connectivity index (χ3v) is 8.42. The summed E-state index contributed by atoms with van der Waals surface area (Å²) in [6.45, 7) is 4.76. The molecule has 3 aromatic carbocycles. The Labute approximate surface area is 287 Å². The van der Waals surface area contributed by atoms with Crippen LogP contribution in [0, 0.1) is 5.82 Å². The number of unbranched alkanes of at least 4 members (excludes halogenated alkanes) is 1. The van der Waals surface area contributed by atoms with Crippen molar-refractivity contribution in [1.29, 1.82) is 0 Å². The zero-order valence-corrected chi connectivity index (χ0v) is 28.1. The lowest BCUT2D eigenvalue weighted by Crippen LogP contribution is -2.38. The molecule has 2 amide bonds. The number of para-hydroxylation sites is 1. The number of aldehydes is 1. The van der Waals surface area contributed by atoms with Crippen molar-refractivity contribution >= 4 is 23.8 Å². The van der Waals surface area contributed by atoms with Gasteiger partial charge in [-0.2, -0.15) is 0 Å². The fourth-order valence-corrected chi connectivity index (χ4v) is 6.16. The highest BCUT2D eigenvalue weighted by Crippen LogP contribution is 2.42. The molecule has 0 saturated heterocycles. The van der Waals surface area contributed by atoms with Crippen molar-refractivity contribution in [2.75, 3.05) is 11.9 Å². The minimum atomic E-state index is -1.13. The van der Waals surface area contributed by atoms with Gasteiger partial charge in [-0.25, -0.2) is 4.39 Å². The molecule has 6 N–H and O–H groups in total. The molecule has 0 spiro atoms. The van der Waals surface area contributed by atoms with E-state index in [0.29, 0.717) is 53.7 Å². The lowest BCUT2D eigenvalue weighted by atomic mass is 9.94. The maximum Gasteiger partial charge on any atom is 0.258 e. The van der Waals surface area contributed by atoms with Crippen LogP contribution in [-0.2, 0) is 16.1 Å². The molecule has 0 aliphatic rings. The standard InChI is InChI=1S/C39H47FN4O5/c1-26(2)37-36(39(49)43-30-13-7-4-8-14-30)35(27-11-5-3-6-12-27)38(28-16-18-29(40)19-17-28)44(37)22-20-32(46)23-33(47)24-34(48)42-31(25-45)15-9-10-21-41/h3-8,11-14,16-19,25-26,31-33,46-47H,9-10,15,20-24,41H2,1-2H3,(H,42,48)(H,43,49)/t31-,32-,33-/m1/s1. The first-order chi connectivity index (χ1) is 23.6. The maximum absolute atomic E-state index is 14.2. The second-order valence-electron chi connectivity index (χ2n) is 12.6. The Bertz CT molecular complexity index is 1660. The Balaban J connectivity index is 1.66. The number of halogens is 1. The van der Waals surface area contributed by atoms with Crippen LogP contribution in [0.1, 0.15) is 74.3 Å². The minimum absolute atomic E-state index is 0.0661. The molecule has 0 radical (unpaired) electrons. The van der Waals surface area contributed by atoms with Crippen molar-refractivity contribution in [1.82, 2.24) is 9.88 Å². The van der Waals surface area contributed by atoms with Gasteiger partial charge in [-0.1, -0.05) is 62.4 Å². The summed E-state index contributed by atoms with van der Waals surface area (Å²) in [5.41, 5.74) is 10.3. The van der Waals surface area contributed by atoms with Crippen molar-refractivity contribution < 1.29 is 29.0 Å². The second-order valence-corrected chi connectivity index (χ2v) is 12.6. The molecule has 0 aliphatic heterocycles. The van der Waals surface area contributed by atoms with Gasteiger partial charge in [0.15, 0.2) is 0 Å². The van der Waals surface area contributed by atoms with Crippen LogP contribution in [0.5, 0.6) is 0 Å². The van der Waals surface area contributed by atoms with Crippen LogP contribution >= 0.6 is 0 Å². The molecule has 0 aliphatic carbocycles. The molecule has 0 saturated carbocycles. The van der Waals surface area contributed by atoms with Gasteiger partial charge in [-0.3, -0.25) is 9.59 Å². The smallest absolute Gasteiger partial charge is 0.258 e. The van der Waals surface area contributed by atoms with Crippen molar-refractivity contribution in [3.63, 3.8) is 0 Å². The molecule has 9 nitrogen and oxygen atoms in total. The number of rotatable bonds is 18. The normalized spacial score (nSPS) is 13.1. The Kier molecular flexibility index (Phi) is 13.8. The molecule has 10 heteroatoms. The predicted molar refractivity (Wildman–Crippen MR) is 191 cm³/mol. The number of benzene rings is 3. The molecule has 0 unspecified atom stereocenters. The highest BCUT2D eigenvalue weighted by Gasteiger charge is 2.31. The van der Waals surface area contributed by atoms with Gasteiger partial charge in [0, 0.05) is 23.5 Å². The number of carbonyl (C=O) groups is 3. The van der Waals surface area contributed by atoms with Crippen LogP contribution in [0.15, 0.2) is 84.9 Å². The first-order valence-corrected chi connectivity index (χ1v) is 16.9. The minimum Gasteiger partial charge on any atom is -0.393 e. The summed E-state index contributed by atoms with van der Waals surface area (Å²) in [6, 6.07) is 24.2. The highest BCUT2D eigenvalue weighted by molar-refractivity contribution is 6.12. The van der Waals surface area contributed by atoms with Gasteiger partial charge in [0.2, 0.25) is 5.91 Å². The zero-order valence-electron chi connectivity index (χ0n) is 28.1. The van der Waals surface area contributed by atoms with Crippen molar-refractivity contribution in [2.45, 2.75) is 83.1 Å². The molecular weight excluding hydrogens is 623 g/mol. The topological polar surface area (TPSA) is 147 Å². The SMILES string of the molecule is CC(C)c1c(C(=O)Nc2ccccc2)c(-c2ccccc2)c(-c2ccc(F)cc2)n1CC[C@@H](O)C[C@@H](O)CC(=O)N[C@@H](C=O)CCCCN. The second kappa shape index (κ2) is 18.2. The van der Waals surface area contributed by atoms with Crippen molar-refractivity contribution in [2.24, 2.45) is 5.73 Å². The van der Waals surface area contributed by atoms with Crippen LogP contribution in [0.2, 0.25) is 0 Å². The summed E-state index contributed by atoms with van der Waals surface area (Å²) in [5, 5.41) is 27.4. The number of hydrogen-bond donors (Lipinski definition) is 5. The third-order valence-electron chi connectivity index (χ3n) is 8.42. The summed E-state index contributed by atoms with van der Waals surface area (Å²) in [5.74, 6) is -1.29. The van der Waals surface area contributed by atoms with E-state index < -0.39 is 30.0 Å². The van der Waals surface area contributed by atoms with Gasteiger partial charge in [-0.15, -0.1) is 0 Å². The van der Waals surface area contributed by atoms with Crippen molar-refractivity contribution in [3.8, 4) is 22.4 Å². The van der Waals surface area contributed by atoms with E-state index in [1.54, 1.807) is 12.1 Å². The zero-order chi connectivity index (χ0) is 35.3. The van der Waals surface area contributed by atoms with Gasteiger partial charge in [0.25, 0.3) is 5.91 Å². The maximum atomic E-state index is 14.2. The number of aliphatic hydroxyl groups is 2. The number of hydrogen-bond acceptors (Lipinski definition) is 6. The molecule has 4 aromatic rings. The van der Waals surface area contributed by atoms with Crippen LogP contribution in [0.3, 0.4) is 0 Å². The average molecular weight is 671 g/mol. The number of aromatic nitrogens is 1. The van der Waals surface area contributed by atoms with E-state index in [4.69, 9.17) is 5.73 Å². The Morgan fingerprint density at radius 2 is 1.53 bits per heavy atom. The highest BCUT2D eigenvalue weighted by atomic mass is 19.1. The van der Waals surface area contributed by atoms with E-state index in [1.165, 1.54) is 12.1 Å². The molecule has 0 fully saturated rings. The van der Waals surface area contributed by atoms with Gasteiger partial charge in [-0.05, 0) is 92.1 Å². The van der Waals surface area contributed by atoms with Gasteiger partial charge >= 0.3 is 0 Å². The number of amides is 2. The first-order valence-electron chi connectivity index (χ1n) is 16.9. The molecular formula is C39H47FN4O5. The number of carbonyl (C=O) groups excluding carboxylic acids is 3. The molecule has 49 heavy (non-hydrogen) atoms. The summed E-state index contributed by atoms with van der Waals surface area (Å²) in [7, 11) is 0. The first kappa shape index (κ1) is 37.2. The van der Waals surface area contributed by atoms with E-state index in [0.717, 1.165) is 17.7 Å². The summed E-state index contributed by atoms with van der Waals surface area (Å²) < 4.78 is 16.2. The lowest BCUT2D eigenvalue weighted by molar-refractivity contribution is -0.126. The molecule has 1 aromatic heterocycles. The quantitative estimate of drug-likeness (QED) is 0.0645. The summed E-state index contributed by atoms with van der Waals surface area (Å²) in [6.07, 6.45) is 0.327. The van der Waals surface area contributed by atoms with Crippen molar-refractivity contribution in [3.05, 3.63) is 102 Å². The fraction of sp³-hybridized carbons (Fsp3) is 0.359. The van der Waals surface area contributed by atoms with E-state index >= 15 is 0 Å². The molecule has 260 valence electrons. The Morgan fingerprint density at radius 1 is 0.878 bits per heavy atom. The number of nitrogens with zero attached hydrogens (tertiary/aromatic N) is 1. The predicted octanol–water partition coefficient (Wildman–Crippen LogP) is 6.04. The monoisotopic (exact) mass is 670 g/mol. The van der Waals surface area contributed by atoms with E-state index in [2.05, 4.69) is 10.6 Å². The van der Waals surface area contributed by atoms with Crippen LogP contribution in [0.4, 0.5) is 10.1 Å². The lowest BCUT2D eigenvalue weighted by Gasteiger charge is -2.21. The molecule has 4 rings (SSSR count). The third kappa shape index (κ3) is 10.2. The average Bonchev–Trinajstić information content (AvgIpc) is 3.43. The van der Waals surface area contributed by atoms with Crippen LogP contribution < -0.4 is 16.4 Å². The number of aliphatic hydroxyl groups excluding tert-OH is 2. The van der Waals surface area contributed by atoms with Crippen LogP contribution in [0.25, 0.3) is 22.4 Å². The van der Waals surface area contributed by atoms with Gasteiger partial charge in [0.05, 0.1) is 35.9 Å². The Morgan fingerprint density at radius 3 is 2.14 bits per heavy atom. The number of anilines is 1. The van der Waals surface area contributed by atoms with Gasteiger partial charge in [0.1, 0.15) is 12.1 Å². The molecule has 3 atom stereocenters. The number of nitrogens with two attached hydrogens (primary N) is 1.